The lowest BCUT2D eigenvalue weighted by Crippen LogP contribution is -2.49. The predicted octanol–water partition coefficient (Wildman–Crippen LogP) is 3.78. The zero-order valence-electron chi connectivity index (χ0n) is 14.4. The van der Waals surface area contributed by atoms with Gasteiger partial charge in [-0.2, -0.15) is 0 Å². The number of amides is 1. The first-order valence-corrected chi connectivity index (χ1v) is 7.73. The third-order valence-corrected chi connectivity index (χ3v) is 3.54. The minimum atomic E-state index is -0.740. The van der Waals surface area contributed by atoms with Crippen LogP contribution in [0.2, 0.25) is 0 Å². The van der Waals surface area contributed by atoms with Gasteiger partial charge < -0.3 is 14.6 Å². The summed E-state index contributed by atoms with van der Waals surface area (Å²) in [5, 5.41) is 9.83. The number of para-hydroxylation sites is 1. The average molecular weight is 319 g/mol. The van der Waals surface area contributed by atoms with Crippen molar-refractivity contribution in [3.8, 4) is 5.75 Å². The lowest BCUT2D eigenvalue weighted by Gasteiger charge is -2.34. The van der Waals surface area contributed by atoms with E-state index in [2.05, 4.69) is 0 Å². The number of aromatic hydroxyl groups is 1. The maximum atomic E-state index is 12.5. The molecule has 1 amide bonds. The molecule has 1 N–H and O–H groups in total. The normalized spacial score (nSPS) is 20.9. The lowest BCUT2D eigenvalue weighted by molar-refractivity contribution is -0.0610. The molecule has 126 valence electrons. The van der Waals surface area contributed by atoms with Crippen molar-refractivity contribution in [1.29, 1.82) is 0 Å². The van der Waals surface area contributed by atoms with Gasteiger partial charge in [0.25, 0.3) is 0 Å². The standard InChI is InChI=1S/C18H25NO4/c1-17(2,3)23-16(21)19-14(12-22-18(19,4)5)11-10-13-8-6-7-9-15(13)20/h6-11,14,20H,12H2,1-5H3/t14-/m0/s1. The molecule has 0 unspecified atom stereocenters. The van der Waals surface area contributed by atoms with Crippen molar-refractivity contribution in [3.05, 3.63) is 35.9 Å². The summed E-state index contributed by atoms with van der Waals surface area (Å²) in [4.78, 5) is 14.1. The number of nitrogens with zero attached hydrogens (tertiary/aromatic N) is 1. The molecule has 0 aliphatic carbocycles. The van der Waals surface area contributed by atoms with Gasteiger partial charge in [-0.25, -0.2) is 4.79 Å². The number of ether oxygens (including phenoxy) is 2. The molecule has 1 heterocycles. The van der Waals surface area contributed by atoms with E-state index >= 15 is 0 Å². The average Bonchev–Trinajstić information content (AvgIpc) is 2.71. The van der Waals surface area contributed by atoms with Crippen molar-refractivity contribution in [2.75, 3.05) is 6.61 Å². The van der Waals surface area contributed by atoms with Gasteiger partial charge in [-0.15, -0.1) is 0 Å². The fourth-order valence-corrected chi connectivity index (χ4v) is 2.48. The van der Waals surface area contributed by atoms with Crippen LogP contribution in [0.15, 0.2) is 30.3 Å². The molecule has 1 fully saturated rings. The second-order valence-electron chi connectivity index (χ2n) is 7.09. The first kappa shape index (κ1) is 17.3. The van der Waals surface area contributed by atoms with E-state index in [0.29, 0.717) is 12.2 Å². The summed E-state index contributed by atoms with van der Waals surface area (Å²) in [5.41, 5.74) is -0.612. The molecule has 1 aliphatic heterocycles. The van der Waals surface area contributed by atoms with Gasteiger partial charge in [0.05, 0.1) is 12.6 Å². The van der Waals surface area contributed by atoms with Gasteiger partial charge in [-0.05, 0) is 40.7 Å². The van der Waals surface area contributed by atoms with Crippen LogP contribution in [0, 0.1) is 0 Å². The maximum absolute atomic E-state index is 12.5. The topological polar surface area (TPSA) is 59.0 Å². The summed E-state index contributed by atoms with van der Waals surface area (Å²) in [6.45, 7) is 9.57. The number of carbonyl (C=O) groups is 1. The van der Waals surface area contributed by atoms with E-state index in [9.17, 15) is 9.90 Å². The SMILES string of the molecule is CC(C)(C)OC(=O)N1[C@@H](C=Cc2ccccc2O)COC1(C)C. The molecule has 0 bridgehead atoms. The van der Waals surface area contributed by atoms with Gasteiger partial charge in [-0.1, -0.05) is 30.4 Å². The molecule has 1 aromatic carbocycles. The highest BCUT2D eigenvalue weighted by molar-refractivity contribution is 5.70. The molecule has 23 heavy (non-hydrogen) atoms. The number of hydrogen-bond donors (Lipinski definition) is 1. The van der Waals surface area contributed by atoms with E-state index in [-0.39, 0.29) is 11.8 Å². The Morgan fingerprint density at radius 1 is 1.39 bits per heavy atom. The Kier molecular flexibility index (Phi) is 4.71. The van der Waals surface area contributed by atoms with Crippen LogP contribution in [-0.4, -0.2) is 40.1 Å². The van der Waals surface area contributed by atoms with E-state index in [1.807, 2.05) is 52.8 Å². The second-order valence-corrected chi connectivity index (χ2v) is 7.09. The number of phenolic OH excluding ortho intramolecular Hbond substituents is 1. The molecule has 0 radical (unpaired) electrons. The highest BCUT2D eigenvalue weighted by atomic mass is 16.6. The molecular weight excluding hydrogens is 294 g/mol. The highest BCUT2D eigenvalue weighted by Crippen LogP contribution is 2.30. The molecule has 1 aliphatic rings. The summed E-state index contributed by atoms with van der Waals surface area (Å²) < 4.78 is 11.2. The van der Waals surface area contributed by atoms with E-state index in [0.717, 1.165) is 0 Å². The molecule has 1 atom stereocenters. The quantitative estimate of drug-likeness (QED) is 0.901. The monoisotopic (exact) mass is 319 g/mol. The zero-order valence-corrected chi connectivity index (χ0v) is 14.4. The van der Waals surface area contributed by atoms with Crippen LogP contribution in [0.1, 0.15) is 40.2 Å². The van der Waals surface area contributed by atoms with Gasteiger partial charge in [0.15, 0.2) is 0 Å². The van der Waals surface area contributed by atoms with E-state index in [1.54, 1.807) is 23.1 Å². The Hall–Kier alpha value is -2.01. The predicted molar refractivity (Wildman–Crippen MR) is 89.0 cm³/mol. The molecule has 0 spiro atoms. The Morgan fingerprint density at radius 3 is 2.65 bits per heavy atom. The minimum Gasteiger partial charge on any atom is -0.507 e. The number of rotatable bonds is 2. The number of phenols is 1. The van der Waals surface area contributed by atoms with Crippen molar-refractivity contribution in [3.63, 3.8) is 0 Å². The van der Waals surface area contributed by atoms with Gasteiger partial charge in [0.1, 0.15) is 17.1 Å². The minimum absolute atomic E-state index is 0.200. The third-order valence-electron chi connectivity index (χ3n) is 3.54. The Labute approximate surface area is 137 Å². The smallest absolute Gasteiger partial charge is 0.413 e. The van der Waals surface area contributed by atoms with Gasteiger partial charge in [0.2, 0.25) is 0 Å². The number of hydrogen-bond acceptors (Lipinski definition) is 4. The fourth-order valence-electron chi connectivity index (χ4n) is 2.48. The van der Waals surface area contributed by atoms with Crippen molar-refractivity contribution in [2.45, 2.75) is 52.0 Å². The summed E-state index contributed by atoms with van der Waals surface area (Å²) in [5.74, 6) is 0.200. The molecular formula is C18H25NO4. The van der Waals surface area contributed by atoms with E-state index in [4.69, 9.17) is 9.47 Å². The molecule has 1 aromatic rings. The first-order chi connectivity index (χ1) is 10.6. The van der Waals surface area contributed by atoms with Gasteiger partial charge in [0, 0.05) is 5.56 Å². The molecule has 5 nitrogen and oxygen atoms in total. The Bertz CT molecular complexity index is 601. The van der Waals surface area contributed by atoms with Crippen LogP contribution < -0.4 is 0 Å². The number of carbonyl (C=O) groups excluding carboxylic acids is 1. The maximum Gasteiger partial charge on any atom is 0.413 e. The van der Waals surface area contributed by atoms with Crippen LogP contribution in [0.4, 0.5) is 4.79 Å². The summed E-state index contributed by atoms with van der Waals surface area (Å²) in [6, 6.07) is 6.80. The number of benzene rings is 1. The molecule has 5 heteroatoms. The van der Waals surface area contributed by atoms with Crippen LogP contribution in [0.5, 0.6) is 5.75 Å². The van der Waals surface area contributed by atoms with Gasteiger partial charge >= 0.3 is 6.09 Å². The van der Waals surface area contributed by atoms with Crippen LogP contribution >= 0.6 is 0 Å². The fraction of sp³-hybridized carbons (Fsp3) is 0.500. The molecule has 0 saturated carbocycles. The van der Waals surface area contributed by atoms with Crippen molar-refractivity contribution >= 4 is 12.2 Å². The third kappa shape index (κ3) is 4.26. The second kappa shape index (κ2) is 6.24. The van der Waals surface area contributed by atoms with Crippen molar-refractivity contribution in [1.82, 2.24) is 4.90 Å². The van der Waals surface area contributed by atoms with Crippen molar-refractivity contribution < 1.29 is 19.4 Å². The largest absolute Gasteiger partial charge is 0.507 e. The Balaban J connectivity index is 2.20. The van der Waals surface area contributed by atoms with Crippen LogP contribution in [0.25, 0.3) is 6.08 Å². The summed E-state index contributed by atoms with van der Waals surface area (Å²) in [7, 11) is 0. The van der Waals surface area contributed by atoms with E-state index in [1.165, 1.54) is 0 Å². The van der Waals surface area contributed by atoms with Crippen molar-refractivity contribution in [2.24, 2.45) is 0 Å². The Morgan fingerprint density at radius 2 is 2.04 bits per heavy atom. The zero-order chi connectivity index (χ0) is 17.3. The summed E-state index contributed by atoms with van der Waals surface area (Å²) in [6.07, 6.45) is 3.24. The lowest BCUT2D eigenvalue weighted by atomic mass is 10.1. The van der Waals surface area contributed by atoms with Gasteiger partial charge in [-0.3, -0.25) is 4.90 Å². The van der Waals surface area contributed by atoms with Crippen LogP contribution in [-0.2, 0) is 9.47 Å². The van der Waals surface area contributed by atoms with Crippen LogP contribution in [0.3, 0.4) is 0 Å². The molecule has 1 saturated heterocycles. The summed E-state index contributed by atoms with van der Waals surface area (Å²) >= 11 is 0. The van der Waals surface area contributed by atoms with E-state index < -0.39 is 17.4 Å². The highest BCUT2D eigenvalue weighted by Gasteiger charge is 2.44. The molecule has 2 rings (SSSR count). The molecule has 0 aromatic heterocycles. The first-order valence-electron chi connectivity index (χ1n) is 7.73.